The molecule has 1 fully saturated rings. The molecule has 1 saturated heterocycles. The van der Waals surface area contributed by atoms with Crippen molar-refractivity contribution in [1.82, 2.24) is 5.32 Å². The highest BCUT2D eigenvalue weighted by molar-refractivity contribution is 5.78. The van der Waals surface area contributed by atoms with Crippen LogP contribution >= 0.6 is 0 Å². The average molecular weight is 341 g/mol. The van der Waals surface area contributed by atoms with Crippen molar-refractivity contribution in [2.45, 2.75) is 31.6 Å². The van der Waals surface area contributed by atoms with Gasteiger partial charge < -0.3 is 10.1 Å². The van der Waals surface area contributed by atoms with Gasteiger partial charge >= 0.3 is 0 Å². The molecule has 0 aliphatic carbocycles. The summed E-state index contributed by atoms with van der Waals surface area (Å²) in [5.74, 6) is -0.392. The Morgan fingerprint density at radius 3 is 2.64 bits per heavy atom. The number of ether oxygens (including phenoxy) is 1. The quantitative estimate of drug-likeness (QED) is 0.903. The van der Waals surface area contributed by atoms with Crippen LogP contribution in [-0.4, -0.2) is 25.7 Å². The normalized spacial score (nSPS) is 16.4. The van der Waals surface area contributed by atoms with Crippen LogP contribution in [0, 0.1) is 12.7 Å². The number of amides is 1. The van der Waals surface area contributed by atoms with Crippen LogP contribution in [-0.2, 0) is 21.4 Å². The molecule has 25 heavy (non-hydrogen) atoms. The number of nitrogens with one attached hydrogen (secondary N) is 1. The second kappa shape index (κ2) is 7.79. The van der Waals surface area contributed by atoms with E-state index >= 15 is 0 Å². The van der Waals surface area contributed by atoms with Crippen LogP contribution in [0.25, 0.3) is 0 Å². The first-order valence-electron chi connectivity index (χ1n) is 8.74. The van der Waals surface area contributed by atoms with E-state index in [1.54, 1.807) is 12.1 Å². The van der Waals surface area contributed by atoms with E-state index in [2.05, 4.69) is 24.4 Å². The molecular formula is C21H24FNO2. The fraction of sp³-hybridized carbons (Fsp3) is 0.381. The van der Waals surface area contributed by atoms with Gasteiger partial charge in [0.1, 0.15) is 5.82 Å². The van der Waals surface area contributed by atoms with Gasteiger partial charge in [0.2, 0.25) is 5.91 Å². The number of halogens is 1. The molecule has 1 N–H and O–H groups in total. The Labute approximate surface area is 148 Å². The molecule has 0 bridgehead atoms. The minimum atomic E-state index is -0.314. The molecule has 3 rings (SSSR count). The smallest absolute Gasteiger partial charge is 0.224 e. The number of carbonyl (C=O) groups excluding carboxylic acids is 1. The van der Waals surface area contributed by atoms with E-state index in [1.165, 1.54) is 23.3 Å². The summed E-state index contributed by atoms with van der Waals surface area (Å²) in [6, 6.07) is 14.5. The Bertz CT molecular complexity index is 738. The van der Waals surface area contributed by atoms with Crippen molar-refractivity contribution in [3.05, 3.63) is 71.0 Å². The lowest BCUT2D eigenvalue weighted by Crippen LogP contribution is -2.45. The van der Waals surface area contributed by atoms with E-state index in [0.717, 1.165) is 12.8 Å². The second-order valence-corrected chi connectivity index (χ2v) is 6.79. The molecule has 0 aromatic heterocycles. The van der Waals surface area contributed by atoms with E-state index < -0.39 is 0 Å². The highest BCUT2D eigenvalue weighted by Gasteiger charge is 2.35. The molecule has 1 aliphatic rings. The number of hydrogen-bond acceptors (Lipinski definition) is 2. The Morgan fingerprint density at radius 2 is 1.92 bits per heavy atom. The summed E-state index contributed by atoms with van der Waals surface area (Å²) in [6.45, 7) is 4.10. The van der Waals surface area contributed by atoms with E-state index in [0.29, 0.717) is 25.3 Å². The Balaban J connectivity index is 1.71. The average Bonchev–Trinajstić information content (AvgIpc) is 2.61. The van der Waals surface area contributed by atoms with Crippen molar-refractivity contribution < 1.29 is 13.9 Å². The van der Waals surface area contributed by atoms with Crippen LogP contribution in [0.3, 0.4) is 0 Å². The van der Waals surface area contributed by atoms with Gasteiger partial charge in [0.05, 0.1) is 6.42 Å². The molecule has 1 heterocycles. The maximum atomic E-state index is 13.3. The van der Waals surface area contributed by atoms with Gasteiger partial charge in [0.25, 0.3) is 0 Å². The van der Waals surface area contributed by atoms with Crippen molar-refractivity contribution in [3.8, 4) is 0 Å². The lowest BCUT2D eigenvalue weighted by molar-refractivity contribution is -0.121. The standard InChI is InChI=1S/C21H24FNO2/c1-16-5-2-3-8-19(16)21(9-11-25-12-10-21)15-23-20(24)14-17-6-4-7-18(22)13-17/h2-8,13H,9-12,14-15H2,1H3,(H,23,24). The third-order valence-electron chi connectivity index (χ3n) is 5.04. The van der Waals surface area contributed by atoms with Crippen molar-refractivity contribution in [2.75, 3.05) is 19.8 Å². The van der Waals surface area contributed by atoms with Gasteiger partial charge in [-0.25, -0.2) is 4.39 Å². The summed E-state index contributed by atoms with van der Waals surface area (Å²) in [5.41, 5.74) is 3.11. The molecule has 1 aliphatic heterocycles. The van der Waals surface area contributed by atoms with Crippen molar-refractivity contribution in [1.29, 1.82) is 0 Å². The van der Waals surface area contributed by atoms with Crippen molar-refractivity contribution in [2.24, 2.45) is 0 Å². The van der Waals surface area contributed by atoms with Crippen molar-refractivity contribution in [3.63, 3.8) is 0 Å². The topological polar surface area (TPSA) is 38.3 Å². The van der Waals surface area contributed by atoms with Gasteiger partial charge in [-0.15, -0.1) is 0 Å². The predicted octanol–water partition coefficient (Wildman–Crippen LogP) is 3.54. The lowest BCUT2D eigenvalue weighted by Gasteiger charge is -2.39. The van der Waals surface area contributed by atoms with E-state index in [1.807, 2.05) is 12.1 Å². The zero-order chi connectivity index (χ0) is 17.7. The van der Waals surface area contributed by atoms with Crippen LogP contribution in [0.5, 0.6) is 0 Å². The summed E-state index contributed by atoms with van der Waals surface area (Å²) < 4.78 is 18.8. The number of benzene rings is 2. The number of carbonyl (C=O) groups is 1. The molecule has 0 spiro atoms. The number of rotatable bonds is 5. The Hall–Kier alpha value is -2.20. The predicted molar refractivity (Wildman–Crippen MR) is 96.0 cm³/mol. The lowest BCUT2D eigenvalue weighted by atomic mass is 9.72. The molecule has 2 aromatic carbocycles. The Kier molecular flexibility index (Phi) is 5.49. The van der Waals surface area contributed by atoms with Gasteiger partial charge in [0, 0.05) is 25.2 Å². The number of aryl methyl sites for hydroxylation is 1. The summed E-state index contributed by atoms with van der Waals surface area (Å²) in [7, 11) is 0. The maximum absolute atomic E-state index is 13.3. The molecule has 0 saturated carbocycles. The zero-order valence-electron chi connectivity index (χ0n) is 14.6. The minimum absolute atomic E-state index is 0.0787. The van der Waals surface area contributed by atoms with Gasteiger partial charge in [-0.2, -0.15) is 0 Å². The van der Waals surface area contributed by atoms with E-state index in [4.69, 9.17) is 4.74 Å². The van der Waals surface area contributed by atoms with Crippen LogP contribution in [0.1, 0.15) is 29.5 Å². The largest absolute Gasteiger partial charge is 0.381 e. The van der Waals surface area contributed by atoms with Gasteiger partial charge in [-0.1, -0.05) is 36.4 Å². The fourth-order valence-corrected chi connectivity index (χ4v) is 3.63. The van der Waals surface area contributed by atoms with Crippen LogP contribution in [0.4, 0.5) is 4.39 Å². The SMILES string of the molecule is Cc1ccccc1C1(CNC(=O)Cc2cccc(F)c2)CCOCC1. The molecule has 4 heteroatoms. The van der Waals surface area contributed by atoms with Gasteiger partial charge in [-0.05, 0) is 48.6 Å². The van der Waals surface area contributed by atoms with E-state index in [9.17, 15) is 9.18 Å². The number of hydrogen-bond donors (Lipinski definition) is 1. The van der Waals surface area contributed by atoms with Crippen LogP contribution < -0.4 is 5.32 Å². The first-order valence-corrected chi connectivity index (χ1v) is 8.74. The summed E-state index contributed by atoms with van der Waals surface area (Å²) >= 11 is 0. The zero-order valence-corrected chi connectivity index (χ0v) is 14.6. The monoisotopic (exact) mass is 341 g/mol. The molecule has 0 radical (unpaired) electrons. The third-order valence-corrected chi connectivity index (χ3v) is 5.04. The molecule has 132 valence electrons. The first-order chi connectivity index (χ1) is 12.1. The molecule has 2 aromatic rings. The maximum Gasteiger partial charge on any atom is 0.224 e. The molecule has 3 nitrogen and oxygen atoms in total. The van der Waals surface area contributed by atoms with Crippen molar-refractivity contribution >= 4 is 5.91 Å². The molecule has 0 unspecified atom stereocenters. The summed E-state index contributed by atoms with van der Waals surface area (Å²) in [5, 5.41) is 3.07. The summed E-state index contributed by atoms with van der Waals surface area (Å²) in [4.78, 5) is 12.4. The fourth-order valence-electron chi connectivity index (χ4n) is 3.63. The second-order valence-electron chi connectivity index (χ2n) is 6.79. The van der Waals surface area contributed by atoms with Gasteiger partial charge in [-0.3, -0.25) is 4.79 Å². The highest BCUT2D eigenvalue weighted by atomic mass is 19.1. The van der Waals surface area contributed by atoms with Crippen LogP contribution in [0.15, 0.2) is 48.5 Å². The molecule has 0 atom stereocenters. The Morgan fingerprint density at radius 1 is 1.16 bits per heavy atom. The van der Waals surface area contributed by atoms with Gasteiger partial charge in [0.15, 0.2) is 0 Å². The van der Waals surface area contributed by atoms with Crippen LogP contribution in [0.2, 0.25) is 0 Å². The molecule has 1 amide bonds. The highest BCUT2D eigenvalue weighted by Crippen LogP contribution is 2.36. The first kappa shape index (κ1) is 17.6. The minimum Gasteiger partial charge on any atom is -0.381 e. The summed E-state index contributed by atoms with van der Waals surface area (Å²) in [6.07, 6.45) is 1.97. The third kappa shape index (κ3) is 4.26. The molecular weight excluding hydrogens is 317 g/mol. The van der Waals surface area contributed by atoms with E-state index in [-0.39, 0.29) is 23.6 Å².